The van der Waals surface area contributed by atoms with Crippen molar-refractivity contribution in [3.05, 3.63) is 22.8 Å². The molecular weight excluding hydrogens is 286 g/mol. The zero-order valence-electron chi connectivity index (χ0n) is 12.4. The summed E-state index contributed by atoms with van der Waals surface area (Å²) in [5, 5.41) is 3.80. The Morgan fingerprint density at radius 1 is 1.48 bits per heavy atom. The van der Waals surface area contributed by atoms with E-state index in [2.05, 4.69) is 15.2 Å². The topological polar surface area (TPSA) is 45.2 Å². The lowest BCUT2D eigenvalue weighted by Gasteiger charge is -2.33. The zero-order chi connectivity index (χ0) is 14.8. The van der Waals surface area contributed by atoms with Gasteiger partial charge in [-0.3, -0.25) is 4.79 Å². The number of hydrogen-bond donors (Lipinski definition) is 1. The second-order valence-electron chi connectivity index (χ2n) is 6.24. The number of aryl methyl sites for hydroxylation is 1. The van der Waals surface area contributed by atoms with Crippen molar-refractivity contribution in [3.63, 3.8) is 0 Å². The van der Waals surface area contributed by atoms with Crippen LogP contribution < -0.4 is 10.2 Å². The number of carbonyl (C=O) groups excluding carboxylic acids is 1. The van der Waals surface area contributed by atoms with Crippen LogP contribution in [0.25, 0.3) is 0 Å². The molecule has 1 saturated heterocycles. The van der Waals surface area contributed by atoms with E-state index in [-0.39, 0.29) is 11.8 Å². The van der Waals surface area contributed by atoms with Crippen LogP contribution in [0.15, 0.2) is 12.3 Å². The van der Waals surface area contributed by atoms with Crippen LogP contribution in [0, 0.1) is 18.8 Å². The van der Waals surface area contributed by atoms with Gasteiger partial charge in [0.25, 0.3) is 0 Å². The van der Waals surface area contributed by atoms with Gasteiger partial charge in [-0.1, -0.05) is 11.6 Å². The fourth-order valence-corrected chi connectivity index (χ4v) is 3.07. The van der Waals surface area contributed by atoms with Gasteiger partial charge in [0.1, 0.15) is 5.82 Å². The minimum atomic E-state index is 0.0517. The number of nitrogens with one attached hydrogen (secondary N) is 1. The summed E-state index contributed by atoms with van der Waals surface area (Å²) in [6.07, 6.45) is 6.27. The van der Waals surface area contributed by atoms with Crippen LogP contribution in [0.4, 0.5) is 5.82 Å². The number of piperidine rings is 1. The predicted octanol–water partition coefficient (Wildman–Crippen LogP) is 2.79. The van der Waals surface area contributed by atoms with E-state index in [4.69, 9.17) is 11.6 Å². The Hall–Kier alpha value is -1.29. The first-order valence-corrected chi connectivity index (χ1v) is 8.16. The average Bonchev–Trinajstić information content (AvgIpc) is 3.32. The third kappa shape index (κ3) is 3.49. The molecule has 0 radical (unpaired) electrons. The number of pyridine rings is 1. The van der Waals surface area contributed by atoms with Crippen LogP contribution in [0.2, 0.25) is 5.02 Å². The fourth-order valence-electron chi connectivity index (χ4n) is 2.84. The quantitative estimate of drug-likeness (QED) is 0.930. The van der Waals surface area contributed by atoms with Gasteiger partial charge in [0.15, 0.2) is 0 Å². The lowest BCUT2D eigenvalue weighted by atomic mass is 9.97. The molecule has 114 valence electrons. The van der Waals surface area contributed by atoms with E-state index in [1.54, 1.807) is 6.20 Å². The lowest BCUT2D eigenvalue weighted by molar-refractivity contribution is -0.125. The largest absolute Gasteiger partial charge is 0.356 e. The van der Waals surface area contributed by atoms with Crippen molar-refractivity contribution in [2.45, 2.75) is 32.6 Å². The number of rotatable bonds is 4. The number of aromatic nitrogens is 1. The monoisotopic (exact) mass is 307 g/mol. The Kier molecular flexibility index (Phi) is 4.34. The Bertz CT molecular complexity index is 530. The highest BCUT2D eigenvalue weighted by Gasteiger charge is 2.29. The van der Waals surface area contributed by atoms with E-state index < -0.39 is 0 Å². The molecule has 2 heterocycles. The van der Waals surface area contributed by atoms with Crippen molar-refractivity contribution >= 4 is 23.3 Å². The fraction of sp³-hybridized carbons (Fsp3) is 0.625. The molecule has 21 heavy (non-hydrogen) atoms. The number of nitrogens with zero attached hydrogens (tertiary/aromatic N) is 2. The normalized spacial score (nSPS) is 22.2. The highest BCUT2D eigenvalue weighted by Crippen LogP contribution is 2.30. The molecule has 1 N–H and O–H groups in total. The summed E-state index contributed by atoms with van der Waals surface area (Å²) in [5.74, 6) is 1.78. The Morgan fingerprint density at radius 2 is 2.29 bits per heavy atom. The average molecular weight is 308 g/mol. The molecule has 0 unspecified atom stereocenters. The molecule has 1 aliphatic heterocycles. The molecule has 1 atom stereocenters. The number of anilines is 1. The first-order chi connectivity index (χ1) is 10.1. The molecule has 1 aromatic heterocycles. The maximum atomic E-state index is 12.3. The van der Waals surface area contributed by atoms with Gasteiger partial charge in [0.2, 0.25) is 5.91 Å². The number of hydrogen-bond acceptors (Lipinski definition) is 3. The maximum Gasteiger partial charge on any atom is 0.224 e. The molecule has 0 aromatic carbocycles. The molecular formula is C16H22ClN3O. The Labute approximate surface area is 130 Å². The van der Waals surface area contributed by atoms with Crippen molar-refractivity contribution in [2.75, 3.05) is 24.5 Å². The van der Waals surface area contributed by atoms with Gasteiger partial charge in [-0.2, -0.15) is 0 Å². The molecule has 1 saturated carbocycles. The predicted molar refractivity (Wildman–Crippen MR) is 84.7 cm³/mol. The van der Waals surface area contributed by atoms with Crippen molar-refractivity contribution in [1.82, 2.24) is 10.3 Å². The van der Waals surface area contributed by atoms with E-state index in [9.17, 15) is 4.79 Å². The highest BCUT2D eigenvalue weighted by molar-refractivity contribution is 6.33. The van der Waals surface area contributed by atoms with Crippen molar-refractivity contribution in [2.24, 2.45) is 11.8 Å². The molecule has 1 aliphatic carbocycles. The lowest BCUT2D eigenvalue weighted by Crippen LogP contribution is -2.44. The summed E-state index contributed by atoms with van der Waals surface area (Å²) in [6, 6.07) is 1.91. The highest BCUT2D eigenvalue weighted by atomic mass is 35.5. The third-order valence-corrected chi connectivity index (χ3v) is 4.88. The standard InChI is InChI=1S/C16H22ClN3O/c1-11-6-7-18-15(14(11)17)20-8-2-3-13(10-20)16(21)19-9-12-4-5-12/h6-7,12-13H,2-5,8-10H2,1H3,(H,19,21)/t13-/m0/s1. The van der Waals surface area contributed by atoms with Crippen molar-refractivity contribution in [1.29, 1.82) is 0 Å². The maximum absolute atomic E-state index is 12.3. The van der Waals surface area contributed by atoms with Gasteiger partial charge < -0.3 is 10.2 Å². The van der Waals surface area contributed by atoms with Gasteiger partial charge in [-0.15, -0.1) is 0 Å². The summed E-state index contributed by atoms with van der Waals surface area (Å²) < 4.78 is 0. The molecule has 0 spiro atoms. The second-order valence-corrected chi connectivity index (χ2v) is 6.62. The minimum Gasteiger partial charge on any atom is -0.356 e. The summed E-state index contributed by atoms with van der Waals surface area (Å²) in [4.78, 5) is 18.8. The van der Waals surface area contributed by atoms with Gasteiger partial charge in [0.05, 0.1) is 10.9 Å². The van der Waals surface area contributed by atoms with Crippen LogP contribution in [0.3, 0.4) is 0 Å². The van der Waals surface area contributed by atoms with E-state index in [1.165, 1.54) is 12.8 Å². The summed E-state index contributed by atoms with van der Waals surface area (Å²) in [7, 11) is 0. The number of amides is 1. The SMILES string of the molecule is Cc1ccnc(N2CCC[C@H](C(=O)NCC3CC3)C2)c1Cl. The van der Waals surface area contributed by atoms with Gasteiger partial charge in [0, 0.05) is 25.8 Å². The van der Waals surface area contributed by atoms with E-state index >= 15 is 0 Å². The first kappa shape index (κ1) is 14.6. The molecule has 1 amide bonds. The minimum absolute atomic E-state index is 0.0517. The van der Waals surface area contributed by atoms with Crippen LogP contribution in [0.5, 0.6) is 0 Å². The Morgan fingerprint density at radius 3 is 3.05 bits per heavy atom. The third-order valence-electron chi connectivity index (χ3n) is 4.42. The molecule has 1 aromatic rings. The van der Waals surface area contributed by atoms with Gasteiger partial charge in [-0.25, -0.2) is 4.98 Å². The van der Waals surface area contributed by atoms with E-state index in [0.717, 1.165) is 43.2 Å². The first-order valence-electron chi connectivity index (χ1n) is 7.79. The van der Waals surface area contributed by atoms with Gasteiger partial charge >= 0.3 is 0 Å². The van der Waals surface area contributed by atoms with E-state index in [1.807, 2.05) is 13.0 Å². The summed E-state index contributed by atoms with van der Waals surface area (Å²) in [6.45, 7) is 4.46. The molecule has 3 rings (SSSR count). The van der Waals surface area contributed by atoms with Crippen molar-refractivity contribution < 1.29 is 4.79 Å². The van der Waals surface area contributed by atoms with Crippen molar-refractivity contribution in [3.8, 4) is 0 Å². The molecule has 2 aliphatic rings. The second kappa shape index (κ2) is 6.22. The zero-order valence-corrected chi connectivity index (χ0v) is 13.2. The van der Waals surface area contributed by atoms with Gasteiger partial charge in [-0.05, 0) is 50.2 Å². The summed E-state index contributed by atoms with van der Waals surface area (Å²) in [5.41, 5.74) is 1.03. The summed E-state index contributed by atoms with van der Waals surface area (Å²) >= 11 is 6.36. The smallest absolute Gasteiger partial charge is 0.224 e. The molecule has 0 bridgehead atoms. The van der Waals surface area contributed by atoms with Crippen LogP contribution >= 0.6 is 11.6 Å². The van der Waals surface area contributed by atoms with Crippen LogP contribution in [-0.4, -0.2) is 30.5 Å². The van der Waals surface area contributed by atoms with E-state index in [0.29, 0.717) is 11.6 Å². The van der Waals surface area contributed by atoms with Crippen LogP contribution in [-0.2, 0) is 4.79 Å². The number of carbonyl (C=O) groups is 1. The Balaban J connectivity index is 1.64. The van der Waals surface area contributed by atoms with Crippen LogP contribution in [0.1, 0.15) is 31.2 Å². The molecule has 4 nitrogen and oxygen atoms in total. The molecule has 5 heteroatoms. The number of halogens is 1. The molecule has 2 fully saturated rings.